The Kier molecular flexibility index (Phi) is 9.77. The first-order valence-corrected chi connectivity index (χ1v) is 10.4. The van der Waals surface area contributed by atoms with E-state index >= 15 is 0 Å². The Morgan fingerprint density at radius 1 is 1.36 bits per heavy atom. The van der Waals surface area contributed by atoms with Gasteiger partial charge in [0.05, 0.1) is 0 Å². The fourth-order valence-electron chi connectivity index (χ4n) is 2.41. The van der Waals surface area contributed by atoms with Crippen LogP contribution < -0.4 is 5.32 Å². The number of nitrogens with one attached hydrogen (secondary N) is 1. The summed E-state index contributed by atoms with van der Waals surface area (Å²) < 4.78 is 5.81. The van der Waals surface area contributed by atoms with E-state index in [0.29, 0.717) is 24.4 Å². The number of thiol groups is 1. The molecule has 1 atom stereocenters. The van der Waals surface area contributed by atoms with Crippen molar-refractivity contribution in [3.8, 4) is 0 Å². The van der Waals surface area contributed by atoms with E-state index in [9.17, 15) is 10.1 Å². The molecule has 2 rings (SSSR count). The molecule has 1 unspecified atom stereocenters. The van der Waals surface area contributed by atoms with Crippen molar-refractivity contribution in [3.05, 3.63) is 39.6 Å². The average molecular weight is 387 g/mol. The van der Waals surface area contributed by atoms with Gasteiger partial charge in [-0.25, -0.2) is 0 Å². The van der Waals surface area contributed by atoms with Gasteiger partial charge in [0.15, 0.2) is 6.10 Å². The summed E-state index contributed by atoms with van der Waals surface area (Å²) in [5, 5.41) is 13.9. The summed E-state index contributed by atoms with van der Waals surface area (Å²) in [7, 11) is 1.39. The first-order chi connectivity index (χ1) is 12.1. The van der Waals surface area contributed by atoms with E-state index in [0.717, 1.165) is 23.1 Å². The first-order valence-electron chi connectivity index (χ1n) is 8.48. The summed E-state index contributed by atoms with van der Waals surface area (Å²) in [4.78, 5) is 16.5. The van der Waals surface area contributed by atoms with E-state index < -0.39 is 11.2 Å². The van der Waals surface area contributed by atoms with Gasteiger partial charge in [-0.15, -0.1) is 21.8 Å². The summed E-state index contributed by atoms with van der Waals surface area (Å²) in [5.41, 5.74) is 1.88. The van der Waals surface area contributed by atoms with Gasteiger partial charge in [-0.1, -0.05) is 44.9 Å². The summed E-state index contributed by atoms with van der Waals surface area (Å²) in [6, 6.07) is 5.78. The van der Waals surface area contributed by atoms with Crippen LogP contribution in [0, 0.1) is 10.1 Å². The van der Waals surface area contributed by atoms with E-state index in [-0.39, 0.29) is 0 Å². The van der Waals surface area contributed by atoms with Crippen LogP contribution in [-0.2, 0) is 11.3 Å². The molecular formula is C17H26N2O4S2. The number of aryl methyl sites for hydroxylation is 1. The van der Waals surface area contributed by atoms with Crippen LogP contribution in [-0.4, -0.2) is 18.2 Å². The molecule has 0 spiro atoms. The van der Waals surface area contributed by atoms with Crippen LogP contribution in [0.1, 0.15) is 51.5 Å². The van der Waals surface area contributed by atoms with Gasteiger partial charge in [-0.05, 0) is 36.7 Å². The summed E-state index contributed by atoms with van der Waals surface area (Å²) in [6.45, 7) is 9.04. The second-order valence-electron chi connectivity index (χ2n) is 5.11. The summed E-state index contributed by atoms with van der Waals surface area (Å²) >= 11 is 4.30. The number of rotatable bonds is 9. The molecule has 25 heavy (non-hydrogen) atoms. The Bertz CT molecular complexity index is 676. The standard InChI is InChI=1S/C15H20N2O4S2.C2H6/c1-3-5-10-6-12-11(8-15(10)23-22)7-13(20-12)14(9-16-4-2)21-17(18)19;1-2/h6-8,14,16,22H,3-5,9H2,1-2H3;1-2H3. The SMILES string of the molecule is CC.CCCc1cc2oc(C(CNCC)O[N+](=O)[O-])cc2cc1SS. The number of hydrogen-bond donors (Lipinski definition) is 2. The van der Waals surface area contributed by atoms with Crippen molar-refractivity contribution >= 4 is 33.4 Å². The van der Waals surface area contributed by atoms with Crippen LogP contribution in [0.4, 0.5) is 0 Å². The molecule has 8 heteroatoms. The topological polar surface area (TPSA) is 77.5 Å². The van der Waals surface area contributed by atoms with Gasteiger partial charge < -0.3 is 14.6 Å². The van der Waals surface area contributed by atoms with Gasteiger partial charge in [0.2, 0.25) is 0 Å². The molecule has 0 bridgehead atoms. The zero-order valence-electron chi connectivity index (χ0n) is 15.1. The maximum absolute atomic E-state index is 10.7. The lowest BCUT2D eigenvalue weighted by atomic mass is 10.1. The lowest BCUT2D eigenvalue weighted by Crippen LogP contribution is -2.24. The molecular weight excluding hydrogens is 360 g/mol. The molecule has 0 saturated carbocycles. The van der Waals surface area contributed by atoms with E-state index in [2.05, 4.69) is 23.9 Å². The highest BCUT2D eigenvalue weighted by atomic mass is 33.1. The zero-order chi connectivity index (χ0) is 18.8. The van der Waals surface area contributed by atoms with Gasteiger partial charge in [0.1, 0.15) is 11.3 Å². The molecule has 2 aromatic rings. The molecule has 0 aliphatic carbocycles. The minimum atomic E-state index is -0.785. The molecule has 0 amide bonds. The number of benzene rings is 1. The predicted octanol–water partition coefficient (Wildman–Crippen LogP) is 5.21. The lowest BCUT2D eigenvalue weighted by molar-refractivity contribution is -0.771. The summed E-state index contributed by atoms with van der Waals surface area (Å²) in [5.74, 6) is 0.446. The van der Waals surface area contributed by atoms with Gasteiger partial charge in [0, 0.05) is 16.8 Å². The van der Waals surface area contributed by atoms with Crippen molar-refractivity contribution in [3.63, 3.8) is 0 Å². The van der Waals surface area contributed by atoms with Crippen molar-refractivity contribution in [2.75, 3.05) is 13.1 Å². The van der Waals surface area contributed by atoms with Crippen molar-refractivity contribution in [2.45, 2.75) is 51.5 Å². The van der Waals surface area contributed by atoms with E-state index in [1.807, 2.05) is 32.9 Å². The molecule has 0 fully saturated rings. The second-order valence-corrected chi connectivity index (χ2v) is 6.28. The van der Waals surface area contributed by atoms with Gasteiger partial charge >= 0.3 is 0 Å². The Labute approximate surface area is 157 Å². The summed E-state index contributed by atoms with van der Waals surface area (Å²) in [6.07, 6.45) is 1.19. The van der Waals surface area contributed by atoms with E-state index in [4.69, 9.17) is 9.25 Å². The molecule has 0 saturated heterocycles. The molecule has 1 heterocycles. The third kappa shape index (κ3) is 6.13. The van der Waals surface area contributed by atoms with Crippen molar-refractivity contribution < 1.29 is 14.3 Å². The zero-order valence-corrected chi connectivity index (χ0v) is 16.8. The maximum Gasteiger partial charge on any atom is 0.295 e. The van der Waals surface area contributed by atoms with Crippen LogP contribution >= 0.6 is 22.5 Å². The molecule has 0 aliphatic heterocycles. The normalized spacial score (nSPS) is 11.7. The minimum Gasteiger partial charge on any atom is -0.459 e. The smallest absolute Gasteiger partial charge is 0.295 e. The molecule has 6 nitrogen and oxygen atoms in total. The van der Waals surface area contributed by atoms with E-state index in [1.54, 1.807) is 6.07 Å². The highest BCUT2D eigenvalue weighted by Gasteiger charge is 2.21. The van der Waals surface area contributed by atoms with Crippen LogP contribution in [0.15, 0.2) is 27.5 Å². The molecule has 1 N–H and O–H groups in total. The van der Waals surface area contributed by atoms with Crippen molar-refractivity contribution in [1.82, 2.24) is 5.32 Å². The van der Waals surface area contributed by atoms with Gasteiger partial charge in [-0.3, -0.25) is 0 Å². The van der Waals surface area contributed by atoms with Crippen LogP contribution in [0.5, 0.6) is 0 Å². The maximum atomic E-state index is 10.7. The van der Waals surface area contributed by atoms with Gasteiger partial charge in [-0.2, -0.15) is 0 Å². The van der Waals surface area contributed by atoms with Crippen LogP contribution in [0.25, 0.3) is 11.0 Å². The molecule has 0 aliphatic rings. The predicted molar refractivity (Wildman–Crippen MR) is 106 cm³/mol. The third-order valence-corrected chi connectivity index (χ3v) is 4.61. The fourth-order valence-corrected chi connectivity index (χ4v) is 3.37. The Morgan fingerprint density at radius 2 is 2.08 bits per heavy atom. The molecule has 1 aromatic heterocycles. The molecule has 1 aromatic carbocycles. The van der Waals surface area contributed by atoms with Crippen LogP contribution in [0.3, 0.4) is 0 Å². The van der Waals surface area contributed by atoms with E-state index in [1.165, 1.54) is 16.4 Å². The van der Waals surface area contributed by atoms with Gasteiger partial charge in [0.25, 0.3) is 5.09 Å². The first kappa shape index (κ1) is 21.7. The highest BCUT2D eigenvalue weighted by Crippen LogP contribution is 2.34. The third-order valence-electron chi connectivity index (χ3n) is 3.45. The minimum absolute atomic E-state index is 0.313. The fraction of sp³-hybridized carbons (Fsp3) is 0.529. The Balaban J connectivity index is 0.00000151. The van der Waals surface area contributed by atoms with Crippen molar-refractivity contribution in [2.24, 2.45) is 0 Å². The Hall–Kier alpha value is -1.38. The molecule has 0 radical (unpaired) electrons. The average Bonchev–Trinajstić information content (AvgIpc) is 3.02. The number of fused-ring (bicyclic) bond motifs is 1. The largest absolute Gasteiger partial charge is 0.459 e. The number of furan rings is 1. The quantitative estimate of drug-likeness (QED) is 0.267. The number of nitrogens with zero attached hydrogens (tertiary/aromatic N) is 1. The number of likely N-dealkylation sites (N-methyl/N-ethyl adjacent to an activating group) is 1. The Morgan fingerprint density at radius 3 is 2.64 bits per heavy atom. The highest BCUT2D eigenvalue weighted by molar-refractivity contribution is 8.68. The van der Waals surface area contributed by atoms with Crippen LogP contribution in [0.2, 0.25) is 0 Å². The second kappa shape index (κ2) is 11.3. The lowest BCUT2D eigenvalue weighted by Gasteiger charge is -2.12. The van der Waals surface area contributed by atoms with Crippen molar-refractivity contribution in [1.29, 1.82) is 0 Å². The molecule has 140 valence electrons. The number of hydrogen-bond acceptors (Lipinski definition) is 7. The monoisotopic (exact) mass is 386 g/mol.